The largest absolute Gasteiger partial charge is 0.465 e. The summed E-state index contributed by atoms with van der Waals surface area (Å²) in [5, 5.41) is 1.10. The Morgan fingerprint density at radius 1 is 1.28 bits per heavy atom. The first-order chi connectivity index (χ1) is 12.1. The number of allylic oxidation sites excluding steroid dienone is 2. The highest BCUT2D eigenvalue weighted by Crippen LogP contribution is 2.29. The van der Waals surface area contributed by atoms with Gasteiger partial charge in [-0.1, -0.05) is 36.0 Å². The van der Waals surface area contributed by atoms with Crippen molar-refractivity contribution in [2.24, 2.45) is 0 Å². The summed E-state index contributed by atoms with van der Waals surface area (Å²) in [7, 11) is 0. The lowest BCUT2D eigenvalue weighted by atomic mass is 10.1. The van der Waals surface area contributed by atoms with E-state index >= 15 is 0 Å². The number of hydrazine groups is 1. The average Bonchev–Trinajstić information content (AvgIpc) is 3.19. The number of furan rings is 1. The zero-order valence-electron chi connectivity index (χ0n) is 13.3. The van der Waals surface area contributed by atoms with E-state index in [1.54, 1.807) is 48.8 Å². The van der Waals surface area contributed by atoms with Crippen molar-refractivity contribution in [3.05, 3.63) is 76.6 Å². The highest BCUT2D eigenvalue weighted by Gasteiger charge is 2.33. The van der Waals surface area contributed by atoms with E-state index in [4.69, 9.17) is 16.6 Å². The number of carbonyl (C=O) groups is 2. The summed E-state index contributed by atoms with van der Waals surface area (Å²) < 4.78 is 5.46. The molecule has 5 nitrogen and oxygen atoms in total. The summed E-state index contributed by atoms with van der Waals surface area (Å²) in [5.74, 6) is -0.0533. The molecule has 0 radical (unpaired) electrons. The van der Waals surface area contributed by atoms with Gasteiger partial charge in [-0.15, -0.1) is 0 Å². The fraction of sp³-hybridized carbons (Fsp3) is 0.0556. The topological polar surface area (TPSA) is 62.6 Å². The van der Waals surface area contributed by atoms with Crippen molar-refractivity contribution in [3.63, 3.8) is 0 Å². The third-order valence-corrected chi connectivity index (χ3v) is 4.77. The van der Waals surface area contributed by atoms with E-state index < -0.39 is 0 Å². The molecule has 1 aromatic heterocycles. The molecular formula is C18H14N2O3S2. The molecule has 3 rings (SSSR count). The molecule has 0 aliphatic carbocycles. The fourth-order valence-electron chi connectivity index (χ4n) is 2.18. The second kappa shape index (κ2) is 7.50. The molecule has 1 saturated heterocycles. The highest BCUT2D eigenvalue weighted by atomic mass is 32.2. The number of hydrogen-bond donors (Lipinski definition) is 1. The van der Waals surface area contributed by atoms with Gasteiger partial charge in [-0.3, -0.25) is 15.0 Å². The molecule has 7 heteroatoms. The maximum Gasteiger partial charge on any atom is 0.285 e. The standard InChI is InChI=1S/C18H14N2O3S2/c1-12-6-2-3-9-14(12)16(21)19-20-17(22)15(25-18(20)24)10-4-7-13-8-5-11-23-13/h2-11H,1H3,(H,19,21)/b7-4+,15-10-. The van der Waals surface area contributed by atoms with Gasteiger partial charge in [0.1, 0.15) is 5.76 Å². The van der Waals surface area contributed by atoms with E-state index in [0.29, 0.717) is 16.2 Å². The number of aryl methyl sites for hydroxylation is 1. The first kappa shape index (κ1) is 17.2. The number of thioether (sulfide) groups is 1. The van der Waals surface area contributed by atoms with Crippen molar-refractivity contribution in [2.45, 2.75) is 6.92 Å². The maximum atomic E-state index is 12.4. The molecule has 1 aromatic carbocycles. The molecule has 1 aliphatic heterocycles. The summed E-state index contributed by atoms with van der Waals surface area (Å²) in [6.45, 7) is 1.83. The Hall–Kier alpha value is -2.64. The van der Waals surface area contributed by atoms with Crippen LogP contribution < -0.4 is 5.43 Å². The fourth-order valence-corrected chi connectivity index (χ4v) is 3.32. The predicted octanol–water partition coefficient (Wildman–Crippen LogP) is 3.69. The third-order valence-electron chi connectivity index (χ3n) is 3.45. The van der Waals surface area contributed by atoms with Crippen LogP contribution in [0.25, 0.3) is 6.08 Å². The molecule has 1 aliphatic rings. The molecule has 0 spiro atoms. The summed E-state index contributed by atoms with van der Waals surface area (Å²) in [4.78, 5) is 25.2. The number of hydrogen-bond acceptors (Lipinski definition) is 5. The van der Waals surface area contributed by atoms with Crippen LogP contribution in [-0.2, 0) is 4.79 Å². The van der Waals surface area contributed by atoms with Gasteiger partial charge in [0, 0.05) is 5.56 Å². The second-order valence-electron chi connectivity index (χ2n) is 5.17. The first-order valence-electron chi connectivity index (χ1n) is 7.41. The zero-order chi connectivity index (χ0) is 17.8. The van der Waals surface area contributed by atoms with E-state index in [0.717, 1.165) is 22.3 Å². The SMILES string of the molecule is Cc1ccccc1C(=O)NN1C(=O)/C(=C/C=C/c2ccco2)SC1=S. The number of amides is 2. The number of nitrogens with zero attached hydrogens (tertiary/aromatic N) is 1. The van der Waals surface area contributed by atoms with Crippen molar-refractivity contribution >= 4 is 46.2 Å². The zero-order valence-corrected chi connectivity index (χ0v) is 14.9. The monoisotopic (exact) mass is 370 g/mol. The van der Waals surface area contributed by atoms with Crippen LogP contribution in [0.2, 0.25) is 0 Å². The molecule has 0 atom stereocenters. The van der Waals surface area contributed by atoms with Crippen molar-refractivity contribution in [3.8, 4) is 0 Å². The minimum Gasteiger partial charge on any atom is -0.465 e. The van der Waals surface area contributed by atoms with Gasteiger partial charge in [0.05, 0.1) is 11.2 Å². The molecule has 1 N–H and O–H groups in total. The molecule has 0 bridgehead atoms. The van der Waals surface area contributed by atoms with Gasteiger partial charge in [-0.25, -0.2) is 0 Å². The first-order valence-corrected chi connectivity index (χ1v) is 8.63. The number of thiocarbonyl (C=S) groups is 1. The van der Waals surface area contributed by atoms with Gasteiger partial charge in [-0.2, -0.15) is 5.01 Å². The van der Waals surface area contributed by atoms with Crippen molar-refractivity contribution in [2.75, 3.05) is 0 Å². The highest BCUT2D eigenvalue weighted by molar-refractivity contribution is 8.26. The van der Waals surface area contributed by atoms with E-state index in [9.17, 15) is 9.59 Å². The Labute approximate surface area is 154 Å². The van der Waals surface area contributed by atoms with E-state index in [1.165, 1.54) is 0 Å². The maximum absolute atomic E-state index is 12.4. The van der Waals surface area contributed by atoms with Gasteiger partial charge in [0.2, 0.25) is 0 Å². The van der Waals surface area contributed by atoms with Crippen LogP contribution >= 0.6 is 24.0 Å². The number of nitrogens with one attached hydrogen (secondary N) is 1. The number of carbonyl (C=O) groups excluding carboxylic acids is 2. The summed E-state index contributed by atoms with van der Waals surface area (Å²) in [5.41, 5.74) is 3.89. The molecule has 2 aromatic rings. The molecule has 0 saturated carbocycles. The Morgan fingerprint density at radius 2 is 2.08 bits per heavy atom. The van der Waals surface area contributed by atoms with E-state index in [2.05, 4.69) is 5.43 Å². The quantitative estimate of drug-likeness (QED) is 0.657. The van der Waals surface area contributed by atoms with Gasteiger partial charge < -0.3 is 4.42 Å². The molecule has 0 unspecified atom stereocenters. The van der Waals surface area contributed by atoms with Crippen LogP contribution in [0.4, 0.5) is 0 Å². The average molecular weight is 370 g/mol. The second-order valence-corrected chi connectivity index (χ2v) is 6.85. The molecule has 2 heterocycles. The van der Waals surface area contributed by atoms with E-state index in [1.807, 2.05) is 19.1 Å². The summed E-state index contributed by atoms with van der Waals surface area (Å²) in [6.07, 6.45) is 6.65. The Morgan fingerprint density at radius 3 is 2.80 bits per heavy atom. The molecular weight excluding hydrogens is 356 g/mol. The van der Waals surface area contributed by atoms with Crippen molar-refractivity contribution in [1.82, 2.24) is 10.4 Å². The predicted molar refractivity (Wildman–Crippen MR) is 102 cm³/mol. The van der Waals surface area contributed by atoms with Crippen LogP contribution in [0.3, 0.4) is 0 Å². The Kier molecular flexibility index (Phi) is 5.16. The molecule has 25 heavy (non-hydrogen) atoms. The minimum atomic E-state index is -0.373. The lowest BCUT2D eigenvalue weighted by Crippen LogP contribution is -2.45. The lowest BCUT2D eigenvalue weighted by Gasteiger charge is -2.16. The molecule has 126 valence electrons. The van der Waals surface area contributed by atoms with Crippen LogP contribution in [0.5, 0.6) is 0 Å². The van der Waals surface area contributed by atoms with Crippen LogP contribution in [0.15, 0.2) is 64.1 Å². The minimum absolute atomic E-state index is 0.282. The van der Waals surface area contributed by atoms with Gasteiger partial charge in [-0.05, 0) is 55.1 Å². The van der Waals surface area contributed by atoms with Crippen LogP contribution in [0, 0.1) is 6.92 Å². The summed E-state index contributed by atoms with van der Waals surface area (Å²) >= 11 is 6.33. The van der Waals surface area contributed by atoms with Gasteiger partial charge in [0.15, 0.2) is 4.32 Å². The Balaban J connectivity index is 1.71. The molecule has 2 amide bonds. The third kappa shape index (κ3) is 3.89. The van der Waals surface area contributed by atoms with Crippen molar-refractivity contribution in [1.29, 1.82) is 0 Å². The lowest BCUT2D eigenvalue weighted by molar-refractivity contribution is -0.123. The number of benzene rings is 1. The smallest absolute Gasteiger partial charge is 0.285 e. The number of rotatable bonds is 4. The van der Waals surface area contributed by atoms with Crippen molar-refractivity contribution < 1.29 is 14.0 Å². The summed E-state index contributed by atoms with van der Waals surface area (Å²) in [6, 6.07) is 10.7. The van der Waals surface area contributed by atoms with Crippen LogP contribution in [0.1, 0.15) is 21.7 Å². The normalized spacial score (nSPS) is 16.2. The Bertz CT molecular complexity index is 885. The van der Waals surface area contributed by atoms with E-state index in [-0.39, 0.29) is 16.1 Å². The molecule has 1 fully saturated rings. The van der Waals surface area contributed by atoms with Crippen LogP contribution in [-0.4, -0.2) is 21.1 Å². The van der Waals surface area contributed by atoms with Gasteiger partial charge >= 0.3 is 0 Å². The van der Waals surface area contributed by atoms with Gasteiger partial charge in [0.25, 0.3) is 11.8 Å².